The Bertz CT molecular complexity index is 256. The van der Waals surface area contributed by atoms with E-state index >= 15 is 0 Å². The van der Waals surface area contributed by atoms with Gasteiger partial charge < -0.3 is 14.4 Å². The summed E-state index contributed by atoms with van der Waals surface area (Å²) < 4.78 is 11.3. The Hall–Kier alpha value is -0.610. The Morgan fingerprint density at radius 3 is 2.43 bits per heavy atom. The summed E-state index contributed by atoms with van der Waals surface area (Å²) in [5, 5.41) is 0. The molecule has 0 aromatic rings. The van der Waals surface area contributed by atoms with E-state index in [1.165, 1.54) is 0 Å². The lowest BCUT2D eigenvalue weighted by Gasteiger charge is -2.47. The molecule has 0 aromatic carbocycles. The van der Waals surface area contributed by atoms with Crippen molar-refractivity contribution in [1.29, 1.82) is 0 Å². The van der Waals surface area contributed by atoms with E-state index in [9.17, 15) is 4.79 Å². The van der Waals surface area contributed by atoms with Gasteiger partial charge in [-0.1, -0.05) is 0 Å². The Kier molecular flexibility index (Phi) is 2.08. The van der Waals surface area contributed by atoms with Gasteiger partial charge in [0.15, 0.2) is 5.79 Å². The monoisotopic (exact) mass is 199 g/mol. The number of nitrogens with zero attached hydrogens (tertiary/aromatic N) is 1. The van der Waals surface area contributed by atoms with E-state index < -0.39 is 11.2 Å². The van der Waals surface area contributed by atoms with Gasteiger partial charge in [-0.2, -0.15) is 0 Å². The number of hydrogen-bond donors (Lipinski definition) is 0. The molecular weight excluding hydrogens is 182 g/mol. The van der Waals surface area contributed by atoms with E-state index in [2.05, 4.69) is 0 Å². The van der Waals surface area contributed by atoms with Gasteiger partial charge in [-0.15, -0.1) is 0 Å². The van der Waals surface area contributed by atoms with E-state index in [1.54, 1.807) is 4.90 Å². The zero-order valence-electron chi connectivity index (χ0n) is 9.00. The van der Waals surface area contributed by atoms with Crippen molar-refractivity contribution in [3.63, 3.8) is 0 Å². The van der Waals surface area contributed by atoms with Gasteiger partial charge in [-0.25, -0.2) is 0 Å². The molecule has 1 amide bonds. The zero-order valence-corrected chi connectivity index (χ0v) is 9.00. The SMILES string of the molecule is CN1CCC2(OCCO2)C(C)(C)C1=O. The summed E-state index contributed by atoms with van der Waals surface area (Å²) in [5.74, 6) is -0.568. The minimum atomic E-state index is -0.670. The van der Waals surface area contributed by atoms with Gasteiger partial charge in [-0.05, 0) is 13.8 Å². The molecule has 2 saturated heterocycles. The van der Waals surface area contributed by atoms with Crippen molar-refractivity contribution in [3.8, 4) is 0 Å². The molecule has 0 N–H and O–H groups in total. The highest BCUT2D eigenvalue weighted by atomic mass is 16.7. The molecule has 0 saturated carbocycles. The van der Waals surface area contributed by atoms with E-state index in [1.807, 2.05) is 20.9 Å². The van der Waals surface area contributed by atoms with Crippen molar-refractivity contribution in [3.05, 3.63) is 0 Å². The average molecular weight is 199 g/mol. The second-order valence-electron chi connectivity index (χ2n) is 4.55. The number of amides is 1. The van der Waals surface area contributed by atoms with Gasteiger partial charge in [0.1, 0.15) is 0 Å². The van der Waals surface area contributed by atoms with Crippen LogP contribution in [0, 0.1) is 5.41 Å². The van der Waals surface area contributed by atoms with Gasteiger partial charge in [0.05, 0.1) is 18.6 Å². The first-order valence-corrected chi connectivity index (χ1v) is 5.03. The van der Waals surface area contributed by atoms with Crippen LogP contribution in [0.4, 0.5) is 0 Å². The molecule has 2 aliphatic rings. The van der Waals surface area contributed by atoms with E-state index in [0.29, 0.717) is 19.8 Å². The quantitative estimate of drug-likeness (QED) is 0.574. The first-order chi connectivity index (χ1) is 6.50. The lowest BCUT2D eigenvalue weighted by atomic mass is 9.77. The molecule has 80 valence electrons. The van der Waals surface area contributed by atoms with E-state index in [-0.39, 0.29) is 5.91 Å². The van der Waals surface area contributed by atoms with Crippen molar-refractivity contribution in [1.82, 2.24) is 4.90 Å². The molecular formula is C10H17NO3. The molecule has 0 unspecified atom stereocenters. The molecule has 0 aliphatic carbocycles. The summed E-state index contributed by atoms with van der Waals surface area (Å²) in [6.07, 6.45) is 0.766. The largest absolute Gasteiger partial charge is 0.346 e. The van der Waals surface area contributed by atoms with Crippen molar-refractivity contribution in [2.45, 2.75) is 26.1 Å². The Labute approximate surface area is 84.2 Å². The highest BCUT2D eigenvalue weighted by Gasteiger charge is 2.57. The van der Waals surface area contributed by atoms with Crippen molar-refractivity contribution in [2.75, 3.05) is 26.8 Å². The second-order valence-corrected chi connectivity index (χ2v) is 4.55. The lowest BCUT2D eigenvalue weighted by Crippen LogP contribution is -2.60. The first-order valence-electron chi connectivity index (χ1n) is 5.03. The molecule has 1 spiro atoms. The first kappa shape index (κ1) is 9.93. The number of hydrogen-bond acceptors (Lipinski definition) is 3. The van der Waals surface area contributed by atoms with Crippen LogP contribution < -0.4 is 0 Å². The Balaban J connectivity index is 2.31. The van der Waals surface area contributed by atoms with Crippen LogP contribution >= 0.6 is 0 Å². The molecule has 2 fully saturated rings. The van der Waals surface area contributed by atoms with Gasteiger partial charge in [0, 0.05) is 20.0 Å². The fraction of sp³-hybridized carbons (Fsp3) is 0.900. The molecule has 2 aliphatic heterocycles. The van der Waals surface area contributed by atoms with E-state index in [4.69, 9.17) is 9.47 Å². The van der Waals surface area contributed by atoms with Crippen molar-refractivity contribution >= 4 is 5.91 Å². The van der Waals surface area contributed by atoms with Crippen LogP contribution in [0.25, 0.3) is 0 Å². The lowest BCUT2D eigenvalue weighted by molar-refractivity contribution is -0.245. The summed E-state index contributed by atoms with van der Waals surface area (Å²) in [4.78, 5) is 13.7. The molecule has 2 rings (SSSR count). The number of piperidine rings is 1. The Morgan fingerprint density at radius 2 is 1.86 bits per heavy atom. The van der Waals surface area contributed by atoms with Crippen molar-refractivity contribution < 1.29 is 14.3 Å². The highest BCUT2D eigenvalue weighted by molar-refractivity contribution is 5.83. The Morgan fingerprint density at radius 1 is 1.29 bits per heavy atom. The molecule has 4 nitrogen and oxygen atoms in total. The number of rotatable bonds is 0. The third kappa shape index (κ3) is 1.10. The molecule has 0 radical (unpaired) electrons. The fourth-order valence-corrected chi connectivity index (χ4v) is 2.33. The van der Waals surface area contributed by atoms with Gasteiger partial charge in [0.25, 0.3) is 0 Å². The van der Waals surface area contributed by atoms with Crippen LogP contribution in [0.15, 0.2) is 0 Å². The van der Waals surface area contributed by atoms with Crippen LogP contribution in [0.2, 0.25) is 0 Å². The van der Waals surface area contributed by atoms with Gasteiger partial charge in [0.2, 0.25) is 5.91 Å². The normalized spacial score (nSPS) is 29.9. The highest BCUT2D eigenvalue weighted by Crippen LogP contribution is 2.44. The predicted octanol–water partition coefficient (Wildman–Crippen LogP) is 0.618. The van der Waals surface area contributed by atoms with Crippen molar-refractivity contribution in [2.24, 2.45) is 5.41 Å². The summed E-state index contributed by atoms with van der Waals surface area (Å²) >= 11 is 0. The van der Waals surface area contributed by atoms with Gasteiger partial charge in [-0.3, -0.25) is 4.79 Å². The number of ether oxygens (including phenoxy) is 2. The number of likely N-dealkylation sites (tertiary alicyclic amines) is 1. The zero-order chi connectivity index (χ0) is 10.4. The predicted molar refractivity (Wildman–Crippen MR) is 50.7 cm³/mol. The topological polar surface area (TPSA) is 38.8 Å². The van der Waals surface area contributed by atoms with Crippen LogP contribution in [0.3, 0.4) is 0 Å². The summed E-state index contributed by atoms with van der Waals surface area (Å²) in [6, 6.07) is 0. The summed E-state index contributed by atoms with van der Waals surface area (Å²) in [6.45, 7) is 5.70. The minimum absolute atomic E-state index is 0.102. The smallest absolute Gasteiger partial charge is 0.233 e. The third-order valence-corrected chi connectivity index (χ3v) is 3.36. The maximum Gasteiger partial charge on any atom is 0.233 e. The van der Waals surface area contributed by atoms with Crippen LogP contribution in [0.5, 0.6) is 0 Å². The molecule has 0 bridgehead atoms. The summed E-state index contributed by atoms with van der Waals surface area (Å²) in [7, 11) is 1.83. The van der Waals surface area contributed by atoms with E-state index in [0.717, 1.165) is 6.42 Å². The van der Waals surface area contributed by atoms with Crippen LogP contribution in [-0.2, 0) is 14.3 Å². The molecule has 2 heterocycles. The number of carbonyl (C=O) groups is 1. The van der Waals surface area contributed by atoms with Crippen LogP contribution in [0.1, 0.15) is 20.3 Å². The van der Waals surface area contributed by atoms with Gasteiger partial charge >= 0.3 is 0 Å². The third-order valence-electron chi connectivity index (χ3n) is 3.36. The molecule has 14 heavy (non-hydrogen) atoms. The molecule has 4 heteroatoms. The molecule has 0 atom stereocenters. The van der Waals surface area contributed by atoms with Crippen LogP contribution in [-0.4, -0.2) is 43.4 Å². The maximum absolute atomic E-state index is 12.0. The summed E-state index contributed by atoms with van der Waals surface area (Å²) in [5.41, 5.74) is -0.573. The standard InChI is InChI=1S/C10H17NO3/c1-9(2)8(12)11(3)5-4-10(9)13-6-7-14-10/h4-7H2,1-3H3. The second kappa shape index (κ2) is 2.94. The minimum Gasteiger partial charge on any atom is -0.346 e. The maximum atomic E-state index is 12.0. The molecule has 0 aromatic heterocycles. The fourth-order valence-electron chi connectivity index (χ4n) is 2.33. The number of carbonyl (C=O) groups excluding carboxylic acids is 1. The average Bonchev–Trinajstić information content (AvgIpc) is 2.60.